The van der Waals surface area contributed by atoms with Gasteiger partial charge in [0.15, 0.2) is 0 Å². The van der Waals surface area contributed by atoms with Crippen LogP contribution in [0.5, 0.6) is 11.5 Å². The number of carbonyl (C=O) groups is 1. The van der Waals surface area contributed by atoms with Crippen LogP contribution in [0.25, 0.3) is 11.1 Å². The van der Waals surface area contributed by atoms with Crippen molar-refractivity contribution >= 4 is 21.6 Å². The molecule has 0 unspecified atom stereocenters. The molecule has 3 aromatic carbocycles. The number of amides is 1. The van der Waals surface area contributed by atoms with Gasteiger partial charge in [0.1, 0.15) is 23.0 Å². The first kappa shape index (κ1) is 26.0. The first-order valence-corrected chi connectivity index (χ1v) is 11.6. The number of hydrogen-bond donors (Lipinski definition) is 3. The topological polar surface area (TPSA) is 128 Å². The lowest BCUT2D eigenvalue weighted by Gasteiger charge is -2.17. The van der Waals surface area contributed by atoms with Crippen molar-refractivity contribution in [1.82, 2.24) is 0 Å². The number of ether oxygens (including phenoxy) is 2. The number of methoxy groups -OCH3 is 1. The van der Waals surface area contributed by atoms with Gasteiger partial charge >= 0.3 is 6.18 Å². The first-order chi connectivity index (χ1) is 16.5. The Morgan fingerprint density at radius 2 is 1.74 bits per heavy atom. The predicted octanol–water partition coefficient (Wildman–Crippen LogP) is 3.65. The molecule has 0 aliphatic rings. The molecule has 35 heavy (non-hydrogen) atoms. The van der Waals surface area contributed by atoms with E-state index in [0.717, 1.165) is 12.1 Å². The van der Waals surface area contributed by atoms with Gasteiger partial charge < -0.3 is 19.9 Å². The van der Waals surface area contributed by atoms with Gasteiger partial charge in [-0.15, -0.1) is 0 Å². The second-order valence-electron chi connectivity index (χ2n) is 7.19. The average molecular weight is 510 g/mol. The largest absolute Gasteiger partial charge is 0.495 e. The zero-order valence-electron chi connectivity index (χ0n) is 18.3. The molecular weight excluding hydrogens is 489 g/mol. The SMILES string of the molecule is COc1cc(NC(=O)c2ccc(-c3ccccc3C(F)(F)F)c(OCCO)c2)ccc1S(N)(=O)=O. The minimum atomic E-state index is -4.62. The summed E-state index contributed by atoms with van der Waals surface area (Å²) in [6, 6.07) is 12.5. The lowest BCUT2D eigenvalue weighted by Crippen LogP contribution is -2.15. The summed E-state index contributed by atoms with van der Waals surface area (Å²) in [6.45, 7) is -0.606. The number of rotatable bonds is 8. The van der Waals surface area contributed by atoms with Crippen LogP contribution in [0.2, 0.25) is 0 Å². The molecule has 8 nitrogen and oxygen atoms in total. The number of aliphatic hydroxyl groups is 1. The summed E-state index contributed by atoms with van der Waals surface area (Å²) in [7, 11) is -2.82. The van der Waals surface area contributed by atoms with Gasteiger partial charge in [-0.05, 0) is 42.0 Å². The summed E-state index contributed by atoms with van der Waals surface area (Å²) in [5, 5.41) is 16.8. The van der Waals surface area contributed by atoms with E-state index in [4.69, 9.17) is 19.7 Å². The van der Waals surface area contributed by atoms with E-state index in [-0.39, 0.29) is 45.4 Å². The van der Waals surface area contributed by atoms with Gasteiger partial charge in [-0.25, -0.2) is 13.6 Å². The van der Waals surface area contributed by atoms with Crippen molar-refractivity contribution in [3.63, 3.8) is 0 Å². The third-order valence-electron chi connectivity index (χ3n) is 4.84. The molecule has 0 saturated carbocycles. The lowest BCUT2D eigenvalue weighted by molar-refractivity contribution is -0.137. The number of nitrogens with two attached hydrogens (primary N) is 1. The molecule has 0 atom stereocenters. The molecule has 0 aromatic heterocycles. The Balaban J connectivity index is 1.98. The number of sulfonamides is 1. The number of alkyl halides is 3. The van der Waals surface area contributed by atoms with Gasteiger partial charge in [0.2, 0.25) is 10.0 Å². The van der Waals surface area contributed by atoms with Gasteiger partial charge in [-0.2, -0.15) is 13.2 Å². The molecule has 0 radical (unpaired) electrons. The molecule has 1 amide bonds. The van der Waals surface area contributed by atoms with Crippen molar-refractivity contribution in [2.24, 2.45) is 5.14 Å². The standard InChI is InChI=1S/C23H21F3N2O6S/c1-33-20-13-15(7-9-21(20)35(27,31)32)28-22(30)14-6-8-17(19(12-14)34-11-10-29)16-4-2-3-5-18(16)23(24,25)26/h2-9,12-13,29H,10-11H2,1H3,(H,28,30)(H2,27,31,32). The number of aliphatic hydroxyl groups excluding tert-OH is 1. The van der Waals surface area contributed by atoms with Crippen molar-refractivity contribution in [2.45, 2.75) is 11.1 Å². The zero-order valence-corrected chi connectivity index (χ0v) is 19.1. The van der Waals surface area contributed by atoms with Crippen molar-refractivity contribution in [3.05, 3.63) is 71.8 Å². The van der Waals surface area contributed by atoms with E-state index in [1.165, 1.54) is 55.6 Å². The maximum Gasteiger partial charge on any atom is 0.417 e. The number of hydrogen-bond acceptors (Lipinski definition) is 6. The average Bonchev–Trinajstić information content (AvgIpc) is 2.81. The van der Waals surface area contributed by atoms with Crippen LogP contribution in [0.1, 0.15) is 15.9 Å². The van der Waals surface area contributed by atoms with Crippen LogP contribution < -0.4 is 19.9 Å². The van der Waals surface area contributed by atoms with Crippen LogP contribution >= 0.6 is 0 Å². The van der Waals surface area contributed by atoms with E-state index in [2.05, 4.69) is 5.32 Å². The summed E-state index contributed by atoms with van der Waals surface area (Å²) in [5.41, 5.74) is -0.720. The Morgan fingerprint density at radius 3 is 2.37 bits per heavy atom. The van der Waals surface area contributed by atoms with E-state index < -0.39 is 34.3 Å². The second kappa shape index (κ2) is 10.3. The Labute approximate surface area is 199 Å². The summed E-state index contributed by atoms with van der Waals surface area (Å²) in [4.78, 5) is 12.5. The van der Waals surface area contributed by atoms with E-state index in [0.29, 0.717) is 0 Å². The van der Waals surface area contributed by atoms with Crippen LogP contribution in [-0.4, -0.2) is 39.8 Å². The Hall–Kier alpha value is -3.61. The van der Waals surface area contributed by atoms with Gasteiger partial charge in [0.25, 0.3) is 5.91 Å². The number of carbonyl (C=O) groups excluding carboxylic acids is 1. The van der Waals surface area contributed by atoms with Gasteiger partial charge in [0, 0.05) is 22.9 Å². The fraction of sp³-hybridized carbons (Fsp3) is 0.174. The number of benzene rings is 3. The molecule has 186 valence electrons. The summed E-state index contributed by atoms with van der Waals surface area (Å²) in [5.74, 6) is -0.776. The van der Waals surface area contributed by atoms with E-state index in [1.807, 2.05) is 0 Å². The third kappa shape index (κ3) is 6.10. The van der Waals surface area contributed by atoms with E-state index >= 15 is 0 Å². The molecule has 0 spiro atoms. The van der Waals surface area contributed by atoms with Crippen molar-refractivity contribution < 1.29 is 41.0 Å². The molecule has 0 heterocycles. The second-order valence-corrected chi connectivity index (χ2v) is 8.72. The Bertz CT molecular complexity index is 1340. The molecule has 0 aliphatic carbocycles. The highest BCUT2D eigenvalue weighted by atomic mass is 32.2. The molecular formula is C23H21F3N2O6S. The summed E-state index contributed by atoms with van der Waals surface area (Å²) >= 11 is 0. The summed E-state index contributed by atoms with van der Waals surface area (Å²) < 4.78 is 74.3. The molecule has 0 bridgehead atoms. The van der Waals surface area contributed by atoms with Crippen LogP contribution in [0, 0.1) is 0 Å². The van der Waals surface area contributed by atoms with Crippen molar-refractivity contribution in [1.29, 1.82) is 0 Å². The normalized spacial score (nSPS) is 11.7. The molecule has 3 rings (SSSR count). The summed E-state index contributed by atoms with van der Waals surface area (Å²) in [6.07, 6.45) is -4.62. The zero-order chi connectivity index (χ0) is 25.8. The molecule has 0 fully saturated rings. The quantitative estimate of drug-likeness (QED) is 0.425. The maximum absolute atomic E-state index is 13.5. The fourth-order valence-electron chi connectivity index (χ4n) is 3.31. The number of primary sulfonamides is 1. The van der Waals surface area contributed by atoms with Gasteiger partial charge in [0.05, 0.1) is 19.3 Å². The molecule has 4 N–H and O–H groups in total. The van der Waals surface area contributed by atoms with E-state index in [9.17, 15) is 26.4 Å². The van der Waals surface area contributed by atoms with Crippen LogP contribution in [0.3, 0.4) is 0 Å². The molecule has 0 saturated heterocycles. The minimum absolute atomic E-state index is 0.0365. The van der Waals surface area contributed by atoms with Crippen molar-refractivity contribution in [2.75, 3.05) is 25.6 Å². The van der Waals surface area contributed by atoms with Crippen LogP contribution in [-0.2, 0) is 16.2 Å². The smallest absolute Gasteiger partial charge is 0.417 e. The Kier molecular flexibility index (Phi) is 7.68. The van der Waals surface area contributed by atoms with Crippen LogP contribution in [0.15, 0.2) is 65.6 Å². The van der Waals surface area contributed by atoms with Gasteiger partial charge in [-0.3, -0.25) is 4.79 Å². The fourth-order valence-corrected chi connectivity index (χ4v) is 3.99. The molecule has 0 aliphatic heterocycles. The first-order valence-electron chi connectivity index (χ1n) is 10.0. The number of anilines is 1. The number of halogens is 3. The Morgan fingerprint density at radius 1 is 1.03 bits per heavy atom. The molecule has 12 heteroatoms. The highest BCUT2D eigenvalue weighted by Crippen LogP contribution is 2.40. The third-order valence-corrected chi connectivity index (χ3v) is 5.79. The number of nitrogens with one attached hydrogen (secondary N) is 1. The molecule has 3 aromatic rings. The lowest BCUT2D eigenvalue weighted by atomic mass is 9.97. The minimum Gasteiger partial charge on any atom is -0.495 e. The predicted molar refractivity (Wildman–Crippen MR) is 122 cm³/mol. The van der Waals surface area contributed by atoms with E-state index in [1.54, 1.807) is 0 Å². The highest BCUT2D eigenvalue weighted by Gasteiger charge is 2.34. The monoisotopic (exact) mass is 510 g/mol. The van der Waals surface area contributed by atoms with Gasteiger partial charge in [-0.1, -0.05) is 18.2 Å². The van der Waals surface area contributed by atoms with Crippen LogP contribution in [0.4, 0.5) is 18.9 Å². The maximum atomic E-state index is 13.5. The highest BCUT2D eigenvalue weighted by molar-refractivity contribution is 7.89. The van der Waals surface area contributed by atoms with Crippen molar-refractivity contribution in [3.8, 4) is 22.6 Å².